The van der Waals surface area contributed by atoms with Crippen molar-refractivity contribution >= 4 is 29.5 Å². The molecule has 3 rings (SSSR count). The zero-order chi connectivity index (χ0) is 27.1. The first-order valence-corrected chi connectivity index (χ1v) is 13.8. The Morgan fingerprint density at radius 2 is 1.89 bits per heavy atom. The molecule has 0 aromatic rings. The molecule has 2 bridgehead atoms. The number of aliphatic hydroxyl groups excluding tert-OH is 1. The SMILES string of the molecule is C=CCOC(=O)[C@@H]1[C@H]2C(=O)N(CCCO)C(C(=O)N(CC=C)C(C)(C)CC(C)(C)C)C23CC[C@@]1(C)S3. The lowest BCUT2D eigenvalue weighted by Gasteiger charge is -2.46. The highest BCUT2D eigenvalue weighted by Crippen LogP contribution is 2.71. The number of thioether (sulfide) groups is 1. The predicted molar refractivity (Wildman–Crippen MR) is 143 cm³/mol. The second kappa shape index (κ2) is 10.2. The molecule has 3 aliphatic heterocycles. The van der Waals surface area contributed by atoms with E-state index >= 15 is 0 Å². The maximum absolute atomic E-state index is 14.5. The number of amides is 2. The summed E-state index contributed by atoms with van der Waals surface area (Å²) in [7, 11) is 0. The molecule has 8 heteroatoms. The summed E-state index contributed by atoms with van der Waals surface area (Å²) >= 11 is 1.63. The first kappa shape index (κ1) is 28.8. The molecule has 0 aromatic heterocycles. The van der Waals surface area contributed by atoms with E-state index in [4.69, 9.17) is 4.74 Å². The van der Waals surface area contributed by atoms with Gasteiger partial charge in [-0.2, -0.15) is 0 Å². The van der Waals surface area contributed by atoms with Crippen molar-refractivity contribution in [1.82, 2.24) is 9.80 Å². The number of carbonyl (C=O) groups is 3. The molecule has 0 saturated carbocycles. The minimum Gasteiger partial charge on any atom is -0.461 e. The maximum Gasteiger partial charge on any atom is 0.311 e. The van der Waals surface area contributed by atoms with Crippen molar-refractivity contribution in [2.75, 3.05) is 26.3 Å². The molecule has 1 spiro atoms. The van der Waals surface area contributed by atoms with E-state index in [9.17, 15) is 19.5 Å². The van der Waals surface area contributed by atoms with Crippen LogP contribution in [-0.4, -0.2) is 80.1 Å². The van der Waals surface area contributed by atoms with Crippen LogP contribution >= 0.6 is 11.8 Å². The third-order valence-corrected chi connectivity index (χ3v) is 9.92. The maximum atomic E-state index is 14.5. The summed E-state index contributed by atoms with van der Waals surface area (Å²) in [6, 6.07) is -0.704. The van der Waals surface area contributed by atoms with Gasteiger partial charge >= 0.3 is 5.97 Å². The molecule has 2 unspecified atom stereocenters. The monoisotopic (exact) mass is 520 g/mol. The van der Waals surface area contributed by atoms with Crippen LogP contribution in [0.1, 0.15) is 67.2 Å². The van der Waals surface area contributed by atoms with E-state index in [2.05, 4.69) is 47.8 Å². The predicted octanol–water partition coefficient (Wildman–Crippen LogP) is 3.81. The number of ether oxygens (including phenoxy) is 1. The van der Waals surface area contributed by atoms with Gasteiger partial charge in [-0.25, -0.2) is 0 Å². The largest absolute Gasteiger partial charge is 0.461 e. The van der Waals surface area contributed by atoms with E-state index < -0.39 is 38.9 Å². The van der Waals surface area contributed by atoms with Gasteiger partial charge in [-0.1, -0.05) is 39.5 Å². The van der Waals surface area contributed by atoms with Crippen molar-refractivity contribution in [2.45, 2.75) is 88.3 Å². The zero-order valence-corrected chi connectivity index (χ0v) is 23.7. The Labute approximate surface area is 220 Å². The Morgan fingerprint density at radius 3 is 2.44 bits per heavy atom. The first-order valence-electron chi connectivity index (χ1n) is 13.0. The summed E-state index contributed by atoms with van der Waals surface area (Å²) in [6.07, 6.45) is 5.83. The average molecular weight is 521 g/mol. The highest BCUT2D eigenvalue weighted by molar-refractivity contribution is 8.02. The Kier molecular flexibility index (Phi) is 8.12. The van der Waals surface area contributed by atoms with Gasteiger partial charge in [-0.3, -0.25) is 14.4 Å². The zero-order valence-electron chi connectivity index (χ0n) is 22.8. The quantitative estimate of drug-likeness (QED) is 0.329. The van der Waals surface area contributed by atoms with Gasteiger partial charge in [0.15, 0.2) is 0 Å². The van der Waals surface area contributed by atoms with Crippen LogP contribution in [0, 0.1) is 17.3 Å². The fraction of sp³-hybridized carbons (Fsp3) is 0.750. The molecule has 0 radical (unpaired) electrons. The molecular formula is C28H44N2O5S. The van der Waals surface area contributed by atoms with Crippen molar-refractivity contribution in [2.24, 2.45) is 17.3 Å². The molecule has 5 atom stereocenters. The highest BCUT2D eigenvalue weighted by atomic mass is 32.2. The van der Waals surface area contributed by atoms with Crippen molar-refractivity contribution in [3.05, 3.63) is 25.3 Å². The molecular weight excluding hydrogens is 476 g/mol. The minimum atomic E-state index is -0.704. The third kappa shape index (κ3) is 4.87. The number of hydrogen-bond donors (Lipinski definition) is 1. The second-order valence-electron chi connectivity index (χ2n) is 12.5. The van der Waals surface area contributed by atoms with Crippen LogP contribution in [0.15, 0.2) is 25.3 Å². The van der Waals surface area contributed by atoms with Crippen molar-refractivity contribution in [3.8, 4) is 0 Å². The van der Waals surface area contributed by atoms with E-state index in [1.54, 1.807) is 22.7 Å². The topological polar surface area (TPSA) is 87.1 Å². The smallest absolute Gasteiger partial charge is 0.311 e. The summed E-state index contributed by atoms with van der Waals surface area (Å²) < 4.78 is 4.29. The van der Waals surface area contributed by atoms with Crippen molar-refractivity contribution in [3.63, 3.8) is 0 Å². The molecule has 0 aliphatic carbocycles. The number of carbonyl (C=O) groups excluding carboxylic acids is 3. The fourth-order valence-electron chi connectivity index (χ4n) is 7.08. The number of nitrogens with zero attached hydrogens (tertiary/aromatic N) is 2. The summed E-state index contributed by atoms with van der Waals surface area (Å²) in [6.45, 7) is 20.8. The van der Waals surface area contributed by atoms with Crippen LogP contribution in [0.3, 0.4) is 0 Å². The van der Waals surface area contributed by atoms with Crippen LogP contribution in [0.2, 0.25) is 0 Å². The van der Waals surface area contributed by atoms with Gasteiger partial charge in [0.1, 0.15) is 12.6 Å². The number of fused-ring (bicyclic) bond motifs is 1. The number of rotatable bonds is 11. The van der Waals surface area contributed by atoms with Crippen molar-refractivity contribution < 1.29 is 24.2 Å². The van der Waals surface area contributed by atoms with E-state index in [1.807, 2.05) is 11.8 Å². The average Bonchev–Trinajstić information content (AvgIpc) is 3.33. The van der Waals surface area contributed by atoms with Gasteiger partial charge in [0.2, 0.25) is 11.8 Å². The molecule has 36 heavy (non-hydrogen) atoms. The molecule has 0 aromatic carbocycles. The van der Waals surface area contributed by atoms with Gasteiger partial charge < -0.3 is 19.6 Å². The molecule has 3 saturated heterocycles. The number of likely N-dealkylation sites (tertiary alicyclic amines) is 1. The van der Waals surface area contributed by atoms with Crippen LogP contribution in [0.25, 0.3) is 0 Å². The molecule has 3 fully saturated rings. The van der Waals surface area contributed by atoms with Gasteiger partial charge in [-0.05, 0) is 51.9 Å². The summed E-state index contributed by atoms with van der Waals surface area (Å²) in [5.41, 5.74) is -0.489. The van der Waals surface area contributed by atoms with E-state index in [0.29, 0.717) is 19.4 Å². The van der Waals surface area contributed by atoms with Crippen LogP contribution in [-0.2, 0) is 19.1 Å². The lowest BCUT2D eigenvalue weighted by Crippen LogP contribution is -2.60. The van der Waals surface area contributed by atoms with E-state index in [1.165, 1.54) is 6.08 Å². The molecule has 7 nitrogen and oxygen atoms in total. The second-order valence-corrected chi connectivity index (χ2v) is 14.4. The third-order valence-electron chi connectivity index (χ3n) is 7.94. The van der Waals surface area contributed by atoms with Crippen LogP contribution in [0.4, 0.5) is 0 Å². The lowest BCUT2D eigenvalue weighted by atomic mass is 9.66. The Morgan fingerprint density at radius 1 is 1.22 bits per heavy atom. The van der Waals surface area contributed by atoms with Crippen LogP contribution < -0.4 is 0 Å². The molecule has 3 aliphatic rings. The van der Waals surface area contributed by atoms with E-state index in [0.717, 1.165) is 12.8 Å². The fourth-order valence-corrected chi connectivity index (χ4v) is 9.42. The standard InChI is InChI=1S/C28H44N2O5S/c1-9-14-30(26(6,7)18-25(3,4)5)23(33)21-28-13-12-27(8,36-28)20(24(34)35-17-10-2)19(28)22(32)29(21)15-11-16-31/h9-10,19-21,31H,1-2,11-18H2,3-8H3/t19-,20-,21?,27+,28?/m0/s1. The van der Waals surface area contributed by atoms with Crippen LogP contribution in [0.5, 0.6) is 0 Å². The summed E-state index contributed by atoms with van der Waals surface area (Å²) in [5.74, 6) is -1.91. The van der Waals surface area contributed by atoms with Gasteiger partial charge in [0.05, 0.1) is 16.6 Å². The highest BCUT2D eigenvalue weighted by Gasteiger charge is 2.77. The Bertz CT molecular complexity index is 912. The summed E-state index contributed by atoms with van der Waals surface area (Å²) in [4.78, 5) is 45.3. The molecule has 202 valence electrons. The first-order chi connectivity index (χ1) is 16.7. The van der Waals surface area contributed by atoms with Gasteiger partial charge in [0.25, 0.3) is 0 Å². The molecule has 2 amide bonds. The Hall–Kier alpha value is -1.80. The summed E-state index contributed by atoms with van der Waals surface area (Å²) in [5, 5.41) is 9.56. The van der Waals surface area contributed by atoms with E-state index in [-0.39, 0.29) is 37.0 Å². The molecule has 1 N–H and O–H groups in total. The minimum absolute atomic E-state index is 0.0138. The number of esters is 1. The number of aliphatic hydroxyl groups is 1. The molecule has 3 heterocycles. The normalized spacial score (nSPS) is 31.4. The van der Waals surface area contributed by atoms with Gasteiger partial charge in [0, 0.05) is 30.0 Å². The Balaban J connectivity index is 2.08. The lowest BCUT2D eigenvalue weighted by molar-refractivity contribution is -0.154. The number of hydrogen-bond acceptors (Lipinski definition) is 6. The van der Waals surface area contributed by atoms with Crippen molar-refractivity contribution in [1.29, 1.82) is 0 Å². The van der Waals surface area contributed by atoms with Gasteiger partial charge in [-0.15, -0.1) is 18.3 Å².